The second-order valence-corrected chi connectivity index (χ2v) is 4.50. The van der Waals surface area contributed by atoms with Gasteiger partial charge in [0, 0.05) is 24.3 Å². The quantitative estimate of drug-likeness (QED) is 0.686. The minimum atomic E-state index is -0.296. The summed E-state index contributed by atoms with van der Waals surface area (Å²) in [6.07, 6.45) is 3.22. The molecule has 21 heavy (non-hydrogen) atoms. The maximum absolute atomic E-state index is 12.3. The van der Waals surface area contributed by atoms with Gasteiger partial charge in [0.1, 0.15) is 11.5 Å². The Balaban J connectivity index is 2.00. The van der Waals surface area contributed by atoms with Gasteiger partial charge >= 0.3 is 0 Å². The van der Waals surface area contributed by atoms with Crippen molar-refractivity contribution in [3.8, 4) is 0 Å². The summed E-state index contributed by atoms with van der Waals surface area (Å²) in [6, 6.07) is 9.60. The van der Waals surface area contributed by atoms with Crippen molar-refractivity contribution in [1.29, 1.82) is 0 Å². The number of fused-ring (bicyclic) bond motifs is 1. The predicted molar refractivity (Wildman–Crippen MR) is 82.4 cm³/mol. The van der Waals surface area contributed by atoms with Crippen LogP contribution in [0.15, 0.2) is 42.7 Å². The first-order valence-corrected chi connectivity index (χ1v) is 6.72. The summed E-state index contributed by atoms with van der Waals surface area (Å²) >= 11 is 0. The lowest BCUT2D eigenvalue weighted by Gasteiger charge is -2.09. The Labute approximate surface area is 121 Å². The van der Waals surface area contributed by atoms with E-state index in [0.29, 0.717) is 17.5 Å². The number of carbonyl (C=O) groups excluding carboxylic acids is 1. The van der Waals surface area contributed by atoms with Gasteiger partial charge in [-0.05, 0) is 18.4 Å². The molecule has 0 aliphatic rings. The second kappa shape index (κ2) is 5.62. The molecule has 3 N–H and O–H groups in total. The number of nitrogens with one attached hydrogen (secondary N) is 3. The Morgan fingerprint density at radius 1 is 1.33 bits per heavy atom. The van der Waals surface area contributed by atoms with Gasteiger partial charge < -0.3 is 10.3 Å². The summed E-state index contributed by atoms with van der Waals surface area (Å²) in [5, 5.41) is 7.83. The average molecular weight is 281 g/mol. The van der Waals surface area contributed by atoms with Gasteiger partial charge in [-0.15, -0.1) is 0 Å². The van der Waals surface area contributed by atoms with E-state index < -0.39 is 0 Å². The van der Waals surface area contributed by atoms with Gasteiger partial charge in [0.15, 0.2) is 0 Å². The molecule has 0 saturated carbocycles. The van der Waals surface area contributed by atoms with E-state index in [9.17, 15) is 4.79 Å². The molecule has 0 aliphatic carbocycles. The first-order chi connectivity index (χ1) is 10.3. The molecule has 2 heterocycles. The number of benzene rings is 1. The van der Waals surface area contributed by atoms with Gasteiger partial charge in [0.25, 0.3) is 5.91 Å². The monoisotopic (exact) mass is 281 g/mol. The molecule has 6 heteroatoms. The topological polar surface area (TPSA) is 82.7 Å². The zero-order valence-electron chi connectivity index (χ0n) is 11.6. The van der Waals surface area contributed by atoms with E-state index in [2.05, 4.69) is 25.6 Å². The molecule has 0 atom stereocenters. The summed E-state index contributed by atoms with van der Waals surface area (Å²) < 4.78 is 0. The van der Waals surface area contributed by atoms with Crippen LogP contribution in [0.1, 0.15) is 17.4 Å². The average Bonchev–Trinajstić information content (AvgIpc) is 3.00. The summed E-state index contributed by atoms with van der Waals surface area (Å²) in [5.74, 6) is 0.815. The van der Waals surface area contributed by atoms with Crippen LogP contribution in [-0.2, 0) is 0 Å². The second-order valence-electron chi connectivity index (χ2n) is 4.50. The van der Waals surface area contributed by atoms with Crippen LogP contribution in [0.4, 0.5) is 11.8 Å². The van der Waals surface area contributed by atoms with E-state index in [-0.39, 0.29) is 5.91 Å². The molecular weight excluding hydrogens is 266 g/mol. The van der Waals surface area contributed by atoms with Crippen LogP contribution in [0, 0.1) is 0 Å². The molecule has 106 valence electrons. The van der Waals surface area contributed by atoms with Gasteiger partial charge in [0.2, 0.25) is 5.95 Å². The van der Waals surface area contributed by atoms with E-state index in [0.717, 1.165) is 17.3 Å². The largest absolute Gasteiger partial charge is 0.370 e. The molecule has 0 unspecified atom stereocenters. The highest BCUT2D eigenvalue weighted by Crippen LogP contribution is 2.22. The molecule has 1 aromatic carbocycles. The van der Waals surface area contributed by atoms with Crippen LogP contribution in [0.5, 0.6) is 0 Å². The Bertz CT molecular complexity index is 767. The number of aromatic nitrogens is 3. The third kappa shape index (κ3) is 2.69. The summed E-state index contributed by atoms with van der Waals surface area (Å²) in [5.41, 5.74) is 0.348. The van der Waals surface area contributed by atoms with Crippen LogP contribution in [0.25, 0.3) is 10.8 Å². The Hall–Kier alpha value is -2.89. The molecule has 0 fully saturated rings. The fraction of sp³-hybridized carbons (Fsp3) is 0.133. The maximum Gasteiger partial charge on any atom is 0.276 e. The normalized spacial score (nSPS) is 10.5. The number of nitrogens with zero attached hydrogens (tertiary/aromatic N) is 2. The fourth-order valence-electron chi connectivity index (χ4n) is 2.12. The highest BCUT2D eigenvalue weighted by Gasteiger charge is 2.12. The summed E-state index contributed by atoms with van der Waals surface area (Å²) in [6.45, 7) is 2.73. The number of rotatable bonds is 4. The van der Waals surface area contributed by atoms with Crippen molar-refractivity contribution < 1.29 is 4.79 Å². The minimum absolute atomic E-state index is 0.296. The minimum Gasteiger partial charge on any atom is -0.370 e. The molecule has 1 amide bonds. The number of H-pyrrole nitrogens is 1. The van der Waals surface area contributed by atoms with Gasteiger partial charge in [-0.3, -0.25) is 10.1 Å². The lowest BCUT2D eigenvalue weighted by atomic mass is 10.1. The third-order valence-corrected chi connectivity index (χ3v) is 3.05. The Morgan fingerprint density at radius 3 is 2.95 bits per heavy atom. The van der Waals surface area contributed by atoms with Gasteiger partial charge in [-0.2, -0.15) is 0 Å². The molecule has 3 aromatic rings. The fourth-order valence-corrected chi connectivity index (χ4v) is 2.12. The number of anilines is 2. The van der Waals surface area contributed by atoms with E-state index in [1.807, 2.05) is 31.2 Å². The number of pyridine rings is 1. The van der Waals surface area contributed by atoms with E-state index in [1.54, 1.807) is 18.5 Å². The van der Waals surface area contributed by atoms with Gasteiger partial charge in [0.05, 0.1) is 0 Å². The van der Waals surface area contributed by atoms with Crippen molar-refractivity contribution in [2.45, 2.75) is 6.92 Å². The zero-order chi connectivity index (χ0) is 14.7. The number of aromatic amines is 1. The van der Waals surface area contributed by atoms with E-state index >= 15 is 0 Å². The highest BCUT2D eigenvalue weighted by molar-refractivity contribution is 6.05. The van der Waals surface area contributed by atoms with Crippen LogP contribution in [0.3, 0.4) is 0 Å². The summed E-state index contributed by atoms with van der Waals surface area (Å²) in [7, 11) is 0. The van der Waals surface area contributed by atoms with Crippen LogP contribution in [0.2, 0.25) is 0 Å². The lowest BCUT2D eigenvalue weighted by molar-refractivity contribution is 0.102. The number of imidazole rings is 1. The molecule has 6 nitrogen and oxygen atoms in total. The number of amides is 1. The van der Waals surface area contributed by atoms with Crippen LogP contribution >= 0.6 is 0 Å². The molecule has 0 saturated heterocycles. The Morgan fingerprint density at radius 2 is 2.19 bits per heavy atom. The van der Waals surface area contributed by atoms with Crippen molar-refractivity contribution in [3.63, 3.8) is 0 Å². The van der Waals surface area contributed by atoms with Crippen molar-refractivity contribution in [3.05, 3.63) is 48.4 Å². The molecule has 0 spiro atoms. The molecule has 2 aromatic heterocycles. The molecular formula is C15H15N5O. The molecule has 0 bridgehead atoms. The third-order valence-electron chi connectivity index (χ3n) is 3.05. The standard InChI is InChI=1S/C15H15N5O/c1-2-16-13-11-6-4-3-5-10(11)9-12(19-13)14(21)20-15-17-7-8-18-15/h3-9H,2H2,1H3,(H,16,19)(H2,17,18,20,21). The van der Waals surface area contributed by atoms with Crippen LogP contribution < -0.4 is 10.6 Å². The van der Waals surface area contributed by atoms with Gasteiger partial charge in [-0.25, -0.2) is 9.97 Å². The molecule has 3 rings (SSSR count). The maximum atomic E-state index is 12.3. The zero-order valence-corrected chi connectivity index (χ0v) is 11.6. The summed E-state index contributed by atoms with van der Waals surface area (Å²) in [4.78, 5) is 23.5. The number of hydrogen-bond acceptors (Lipinski definition) is 4. The smallest absolute Gasteiger partial charge is 0.276 e. The Kier molecular flexibility index (Phi) is 3.51. The van der Waals surface area contributed by atoms with Crippen molar-refractivity contribution in [2.24, 2.45) is 0 Å². The van der Waals surface area contributed by atoms with E-state index in [4.69, 9.17) is 0 Å². The number of carbonyl (C=O) groups is 1. The first kappa shape index (κ1) is 13.1. The van der Waals surface area contributed by atoms with Crippen molar-refractivity contribution in [2.75, 3.05) is 17.2 Å². The van der Waals surface area contributed by atoms with Crippen molar-refractivity contribution >= 4 is 28.4 Å². The SMILES string of the molecule is CCNc1nc(C(=O)Nc2ncc[nH]2)cc2ccccc12. The first-order valence-electron chi connectivity index (χ1n) is 6.72. The van der Waals surface area contributed by atoms with E-state index in [1.165, 1.54) is 0 Å². The lowest BCUT2D eigenvalue weighted by Crippen LogP contribution is -2.15. The number of hydrogen-bond donors (Lipinski definition) is 3. The molecule has 0 aliphatic heterocycles. The van der Waals surface area contributed by atoms with Crippen LogP contribution in [-0.4, -0.2) is 27.4 Å². The predicted octanol–water partition coefficient (Wildman–Crippen LogP) is 2.64. The van der Waals surface area contributed by atoms with Crippen molar-refractivity contribution in [1.82, 2.24) is 15.0 Å². The highest BCUT2D eigenvalue weighted by atomic mass is 16.2. The van der Waals surface area contributed by atoms with Gasteiger partial charge in [-0.1, -0.05) is 24.3 Å². The molecule has 0 radical (unpaired) electrons.